The number of benzene rings is 1. The summed E-state index contributed by atoms with van der Waals surface area (Å²) in [5.74, 6) is 2.21. The third-order valence-corrected chi connectivity index (χ3v) is 5.82. The SMILES string of the molecule is Cc1cc(Nc2nc(NCCN(C)C)nc(Sc3ccc(CC(=O)C4CC4)cc3)n2)n[nH]1. The summed E-state index contributed by atoms with van der Waals surface area (Å²) in [6.07, 6.45) is 2.61. The molecule has 0 bridgehead atoms. The van der Waals surface area contributed by atoms with Crippen molar-refractivity contribution < 1.29 is 4.79 Å². The van der Waals surface area contributed by atoms with Crippen molar-refractivity contribution in [3.8, 4) is 0 Å². The lowest BCUT2D eigenvalue weighted by molar-refractivity contribution is -0.119. The minimum absolute atomic E-state index is 0.289. The molecule has 168 valence electrons. The van der Waals surface area contributed by atoms with Crippen LogP contribution in [0.15, 0.2) is 40.4 Å². The van der Waals surface area contributed by atoms with E-state index >= 15 is 0 Å². The van der Waals surface area contributed by atoms with Crippen molar-refractivity contribution in [1.82, 2.24) is 30.0 Å². The Bertz CT molecular complexity index is 1060. The van der Waals surface area contributed by atoms with E-state index in [1.54, 1.807) is 0 Å². The number of Topliss-reactive ketones (excluding diaryl/α,β-unsaturated/α-hetero) is 1. The number of aromatic amines is 1. The molecule has 0 saturated heterocycles. The van der Waals surface area contributed by atoms with Crippen LogP contribution in [0.2, 0.25) is 0 Å². The van der Waals surface area contributed by atoms with Gasteiger partial charge in [0, 0.05) is 42.1 Å². The number of ketones is 1. The van der Waals surface area contributed by atoms with Gasteiger partial charge in [-0.2, -0.15) is 20.1 Å². The molecule has 0 aliphatic heterocycles. The molecule has 10 heteroatoms. The van der Waals surface area contributed by atoms with Gasteiger partial charge in [0.2, 0.25) is 11.9 Å². The van der Waals surface area contributed by atoms with Crippen molar-refractivity contribution in [2.45, 2.75) is 36.2 Å². The lowest BCUT2D eigenvalue weighted by Gasteiger charge is -2.12. The van der Waals surface area contributed by atoms with Gasteiger partial charge in [-0.05, 0) is 63.3 Å². The van der Waals surface area contributed by atoms with Crippen LogP contribution >= 0.6 is 11.8 Å². The summed E-state index contributed by atoms with van der Waals surface area (Å²) < 4.78 is 0. The molecular formula is C22H28N8OS. The number of hydrogen-bond donors (Lipinski definition) is 3. The van der Waals surface area contributed by atoms with Gasteiger partial charge in [0.1, 0.15) is 5.78 Å². The highest BCUT2D eigenvalue weighted by molar-refractivity contribution is 7.99. The first-order valence-electron chi connectivity index (χ1n) is 10.7. The Labute approximate surface area is 191 Å². The number of carbonyl (C=O) groups excluding carboxylic acids is 1. The zero-order valence-corrected chi connectivity index (χ0v) is 19.4. The first-order chi connectivity index (χ1) is 15.4. The average molecular weight is 453 g/mol. The molecule has 0 spiro atoms. The molecule has 2 heterocycles. The summed E-state index contributed by atoms with van der Waals surface area (Å²) in [5.41, 5.74) is 1.99. The third-order valence-electron chi connectivity index (χ3n) is 4.95. The van der Waals surface area contributed by atoms with Gasteiger partial charge in [-0.1, -0.05) is 12.1 Å². The van der Waals surface area contributed by atoms with Gasteiger partial charge in [0.05, 0.1) is 0 Å². The summed E-state index contributed by atoms with van der Waals surface area (Å²) in [6.45, 7) is 3.51. The molecule has 1 fully saturated rings. The van der Waals surface area contributed by atoms with Crippen LogP contribution in [0.1, 0.15) is 24.1 Å². The van der Waals surface area contributed by atoms with Gasteiger partial charge in [-0.15, -0.1) is 0 Å². The average Bonchev–Trinajstić information content (AvgIpc) is 3.52. The topological polar surface area (TPSA) is 112 Å². The fourth-order valence-electron chi connectivity index (χ4n) is 3.06. The Morgan fingerprint density at radius 1 is 1.16 bits per heavy atom. The van der Waals surface area contributed by atoms with Gasteiger partial charge in [0.25, 0.3) is 0 Å². The number of hydrogen-bond acceptors (Lipinski definition) is 9. The van der Waals surface area contributed by atoms with E-state index in [0.717, 1.165) is 35.5 Å². The Hall–Kier alpha value is -2.98. The number of nitrogens with zero attached hydrogens (tertiary/aromatic N) is 5. The molecule has 3 N–H and O–H groups in total. The molecule has 1 saturated carbocycles. The monoisotopic (exact) mass is 452 g/mol. The van der Waals surface area contributed by atoms with Crippen molar-refractivity contribution in [1.29, 1.82) is 0 Å². The van der Waals surface area contributed by atoms with Crippen LogP contribution in [-0.4, -0.2) is 63.0 Å². The van der Waals surface area contributed by atoms with Crippen LogP contribution in [0.3, 0.4) is 0 Å². The number of likely N-dealkylation sites (N-methyl/N-ethyl adjacent to an activating group) is 1. The number of anilines is 3. The lowest BCUT2D eigenvalue weighted by atomic mass is 10.1. The first-order valence-corrected chi connectivity index (χ1v) is 11.5. The Balaban J connectivity index is 1.47. The van der Waals surface area contributed by atoms with E-state index in [2.05, 4.69) is 40.7 Å². The van der Waals surface area contributed by atoms with E-state index in [1.165, 1.54) is 11.8 Å². The maximum Gasteiger partial charge on any atom is 0.234 e. The van der Waals surface area contributed by atoms with Crippen molar-refractivity contribution in [2.24, 2.45) is 5.92 Å². The fraction of sp³-hybridized carbons (Fsp3) is 0.409. The summed E-state index contributed by atoms with van der Waals surface area (Å²) >= 11 is 1.45. The normalized spacial score (nSPS) is 13.4. The smallest absolute Gasteiger partial charge is 0.234 e. The minimum Gasteiger partial charge on any atom is -0.353 e. The van der Waals surface area contributed by atoms with E-state index < -0.39 is 0 Å². The first kappa shape index (κ1) is 22.2. The molecular weight excluding hydrogens is 424 g/mol. The number of carbonyl (C=O) groups is 1. The highest BCUT2D eigenvalue weighted by atomic mass is 32.2. The van der Waals surface area contributed by atoms with Gasteiger partial charge in [-0.3, -0.25) is 9.89 Å². The maximum absolute atomic E-state index is 12.0. The van der Waals surface area contributed by atoms with Gasteiger partial charge in [-0.25, -0.2) is 0 Å². The van der Waals surface area contributed by atoms with Gasteiger partial charge < -0.3 is 15.5 Å². The standard InChI is InChI=1S/C22H28N8OS/c1-14-12-19(29-28-14)24-21-25-20(23-10-11-30(2)3)26-22(27-21)32-17-8-4-15(5-9-17)13-18(31)16-6-7-16/h4-5,8-9,12,16H,6-7,10-11,13H2,1-3H3,(H3,23,24,25,26,27,28,29). The quantitative estimate of drug-likeness (QED) is 0.403. The van der Waals surface area contributed by atoms with Crippen LogP contribution in [0.5, 0.6) is 0 Å². The highest BCUT2D eigenvalue weighted by Gasteiger charge is 2.29. The minimum atomic E-state index is 0.289. The second-order valence-corrected chi connectivity index (χ2v) is 9.26. The van der Waals surface area contributed by atoms with E-state index in [9.17, 15) is 4.79 Å². The summed E-state index contributed by atoms with van der Waals surface area (Å²) in [5, 5.41) is 14.1. The van der Waals surface area contributed by atoms with E-state index in [-0.39, 0.29) is 5.92 Å². The van der Waals surface area contributed by atoms with Crippen LogP contribution in [0.4, 0.5) is 17.7 Å². The Morgan fingerprint density at radius 3 is 2.56 bits per heavy atom. The molecule has 1 aliphatic carbocycles. The Kier molecular flexibility index (Phi) is 7.01. The van der Waals surface area contributed by atoms with Gasteiger partial charge in [0.15, 0.2) is 11.0 Å². The third kappa shape index (κ3) is 6.51. The molecule has 9 nitrogen and oxygen atoms in total. The number of rotatable bonds is 11. The molecule has 4 rings (SSSR count). The molecule has 1 aliphatic rings. The van der Waals surface area contributed by atoms with Gasteiger partial charge >= 0.3 is 0 Å². The second-order valence-electron chi connectivity index (χ2n) is 8.22. The lowest BCUT2D eigenvalue weighted by Crippen LogP contribution is -2.21. The molecule has 0 amide bonds. The van der Waals surface area contributed by atoms with Crippen LogP contribution in [0, 0.1) is 12.8 Å². The predicted octanol–water partition coefficient (Wildman–Crippen LogP) is 3.29. The van der Waals surface area contributed by atoms with Crippen molar-refractivity contribution in [3.05, 3.63) is 41.6 Å². The highest BCUT2D eigenvalue weighted by Crippen LogP contribution is 2.31. The van der Waals surface area contributed by atoms with Crippen LogP contribution in [-0.2, 0) is 11.2 Å². The fourth-order valence-corrected chi connectivity index (χ4v) is 3.80. The molecule has 3 aromatic rings. The Morgan fingerprint density at radius 2 is 1.91 bits per heavy atom. The van der Waals surface area contributed by atoms with Crippen molar-refractivity contribution >= 4 is 35.3 Å². The molecule has 0 radical (unpaired) electrons. The number of H-pyrrole nitrogens is 1. The predicted molar refractivity (Wildman–Crippen MR) is 125 cm³/mol. The zero-order valence-electron chi connectivity index (χ0n) is 18.6. The number of nitrogens with one attached hydrogen (secondary N) is 3. The second kappa shape index (κ2) is 10.1. The largest absolute Gasteiger partial charge is 0.353 e. The number of aryl methyl sites for hydroxylation is 1. The summed E-state index contributed by atoms with van der Waals surface area (Å²) in [6, 6.07) is 9.91. The van der Waals surface area contributed by atoms with Crippen LogP contribution in [0.25, 0.3) is 0 Å². The van der Waals surface area contributed by atoms with Crippen LogP contribution < -0.4 is 10.6 Å². The van der Waals surface area contributed by atoms with Crippen molar-refractivity contribution in [2.75, 3.05) is 37.8 Å². The summed E-state index contributed by atoms with van der Waals surface area (Å²) in [4.78, 5) is 28.7. The number of aromatic nitrogens is 5. The molecule has 1 aromatic carbocycles. The van der Waals surface area contributed by atoms with E-state index in [0.29, 0.717) is 41.6 Å². The van der Waals surface area contributed by atoms with E-state index in [4.69, 9.17) is 0 Å². The molecule has 2 aromatic heterocycles. The van der Waals surface area contributed by atoms with E-state index in [1.807, 2.05) is 51.4 Å². The van der Waals surface area contributed by atoms with Crippen molar-refractivity contribution in [3.63, 3.8) is 0 Å². The maximum atomic E-state index is 12.0. The molecule has 0 atom stereocenters. The summed E-state index contributed by atoms with van der Waals surface area (Å²) in [7, 11) is 4.04. The molecule has 0 unspecified atom stereocenters. The molecule has 32 heavy (non-hydrogen) atoms. The zero-order chi connectivity index (χ0) is 22.5.